The number of rotatable bonds is 6. The second-order valence-electron chi connectivity index (χ2n) is 7.34. The standard InChI is InChI=1S/C23H20FN5O4/c1-28-19-12-26-18(21(30)27-11-14-6-7-25-20(9-14)33-2)10-17(19)22(31)29(23(28)32)13-15-4-3-5-16(24)8-15/h3-10,12H,11,13H2,1-2H3,(H,27,30). The van der Waals surface area contributed by atoms with Gasteiger partial charge < -0.3 is 10.1 Å². The maximum atomic E-state index is 13.5. The van der Waals surface area contributed by atoms with Crippen LogP contribution in [0.4, 0.5) is 4.39 Å². The van der Waals surface area contributed by atoms with Gasteiger partial charge >= 0.3 is 5.69 Å². The molecule has 9 nitrogen and oxygen atoms in total. The van der Waals surface area contributed by atoms with Crippen LogP contribution in [0.2, 0.25) is 0 Å². The number of nitrogens with zero attached hydrogens (tertiary/aromatic N) is 4. The van der Waals surface area contributed by atoms with Crippen LogP contribution in [0.25, 0.3) is 10.9 Å². The number of carbonyl (C=O) groups excluding carboxylic acids is 1. The number of methoxy groups -OCH3 is 1. The molecule has 0 unspecified atom stereocenters. The van der Waals surface area contributed by atoms with Crippen LogP contribution in [0.15, 0.2) is 64.4 Å². The SMILES string of the molecule is COc1cc(CNC(=O)c2cc3c(=O)n(Cc4cccc(F)c4)c(=O)n(C)c3cn2)ccn1. The number of hydrogen-bond acceptors (Lipinski definition) is 6. The van der Waals surface area contributed by atoms with Gasteiger partial charge in [-0.05, 0) is 35.4 Å². The maximum absolute atomic E-state index is 13.5. The highest BCUT2D eigenvalue weighted by Crippen LogP contribution is 2.11. The summed E-state index contributed by atoms with van der Waals surface area (Å²) in [6, 6.07) is 10.4. The van der Waals surface area contributed by atoms with Gasteiger partial charge in [-0.1, -0.05) is 12.1 Å². The Balaban J connectivity index is 1.66. The highest BCUT2D eigenvalue weighted by molar-refractivity contribution is 5.95. The van der Waals surface area contributed by atoms with E-state index >= 15 is 0 Å². The summed E-state index contributed by atoms with van der Waals surface area (Å²) in [5, 5.41) is 2.89. The van der Waals surface area contributed by atoms with Crippen LogP contribution in [0.1, 0.15) is 21.6 Å². The molecule has 4 aromatic rings. The van der Waals surface area contributed by atoms with E-state index in [9.17, 15) is 18.8 Å². The van der Waals surface area contributed by atoms with Crippen molar-refractivity contribution < 1.29 is 13.9 Å². The van der Waals surface area contributed by atoms with Gasteiger partial charge in [-0.2, -0.15) is 0 Å². The van der Waals surface area contributed by atoms with Crippen LogP contribution in [0.5, 0.6) is 5.88 Å². The zero-order valence-corrected chi connectivity index (χ0v) is 17.9. The van der Waals surface area contributed by atoms with E-state index in [4.69, 9.17) is 4.74 Å². The highest BCUT2D eigenvalue weighted by atomic mass is 19.1. The zero-order valence-electron chi connectivity index (χ0n) is 17.9. The molecule has 0 bridgehead atoms. The van der Waals surface area contributed by atoms with E-state index in [1.165, 1.54) is 49.2 Å². The summed E-state index contributed by atoms with van der Waals surface area (Å²) in [4.78, 5) is 46.6. The Bertz CT molecular complexity index is 1480. The van der Waals surface area contributed by atoms with Gasteiger partial charge in [0.2, 0.25) is 5.88 Å². The normalized spacial score (nSPS) is 10.9. The molecule has 3 heterocycles. The monoisotopic (exact) mass is 449 g/mol. The Labute approximate surface area is 187 Å². The van der Waals surface area contributed by atoms with Crippen molar-refractivity contribution in [1.29, 1.82) is 0 Å². The molecule has 1 amide bonds. The fraction of sp³-hybridized carbons (Fsp3) is 0.174. The summed E-state index contributed by atoms with van der Waals surface area (Å²) in [7, 11) is 3.00. The molecule has 0 aliphatic rings. The van der Waals surface area contributed by atoms with Crippen molar-refractivity contribution in [2.45, 2.75) is 13.1 Å². The summed E-state index contributed by atoms with van der Waals surface area (Å²) in [5.74, 6) is -0.531. The molecule has 0 saturated carbocycles. The number of pyridine rings is 2. The molecule has 0 fully saturated rings. The molecule has 0 spiro atoms. The van der Waals surface area contributed by atoms with E-state index in [1.807, 2.05) is 0 Å². The minimum absolute atomic E-state index is 0.0246. The molecule has 10 heteroatoms. The van der Waals surface area contributed by atoms with Crippen LogP contribution in [-0.4, -0.2) is 32.1 Å². The smallest absolute Gasteiger partial charge is 0.331 e. The summed E-state index contributed by atoms with van der Waals surface area (Å²) in [6.45, 7) is 0.0987. The number of aryl methyl sites for hydroxylation is 1. The van der Waals surface area contributed by atoms with Gasteiger partial charge in [0.25, 0.3) is 11.5 Å². The third kappa shape index (κ3) is 4.49. The lowest BCUT2D eigenvalue weighted by molar-refractivity contribution is 0.0946. The Kier molecular flexibility index (Phi) is 5.99. The van der Waals surface area contributed by atoms with Gasteiger partial charge in [0.1, 0.15) is 11.5 Å². The third-order valence-corrected chi connectivity index (χ3v) is 5.16. The minimum atomic E-state index is -0.590. The van der Waals surface area contributed by atoms with E-state index in [1.54, 1.807) is 24.4 Å². The van der Waals surface area contributed by atoms with Crippen LogP contribution >= 0.6 is 0 Å². The van der Waals surface area contributed by atoms with Crippen molar-refractivity contribution in [3.8, 4) is 5.88 Å². The molecule has 3 aromatic heterocycles. The molecule has 1 N–H and O–H groups in total. The topological polar surface area (TPSA) is 108 Å². The van der Waals surface area contributed by atoms with Crippen molar-refractivity contribution in [2.75, 3.05) is 7.11 Å². The quantitative estimate of drug-likeness (QED) is 0.479. The molecule has 4 rings (SSSR count). The molecule has 168 valence electrons. The van der Waals surface area contributed by atoms with Crippen LogP contribution in [-0.2, 0) is 20.1 Å². The molecule has 1 aromatic carbocycles. The van der Waals surface area contributed by atoms with Gasteiger partial charge in [-0.15, -0.1) is 0 Å². The van der Waals surface area contributed by atoms with Gasteiger partial charge in [0.15, 0.2) is 0 Å². The van der Waals surface area contributed by atoms with Gasteiger partial charge in [-0.3, -0.25) is 18.7 Å². The lowest BCUT2D eigenvalue weighted by Gasteiger charge is -2.12. The Morgan fingerprint density at radius 3 is 2.70 bits per heavy atom. The van der Waals surface area contributed by atoms with Crippen molar-refractivity contribution in [3.63, 3.8) is 0 Å². The van der Waals surface area contributed by atoms with E-state index in [-0.39, 0.29) is 29.7 Å². The van der Waals surface area contributed by atoms with E-state index in [2.05, 4.69) is 15.3 Å². The largest absolute Gasteiger partial charge is 0.481 e. The minimum Gasteiger partial charge on any atom is -0.481 e. The Morgan fingerprint density at radius 1 is 1.12 bits per heavy atom. The van der Waals surface area contributed by atoms with Gasteiger partial charge in [0.05, 0.1) is 30.8 Å². The van der Waals surface area contributed by atoms with E-state index < -0.39 is 23.0 Å². The number of hydrogen-bond donors (Lipinski definition) is 1. The van der Waals surface area contributed by atoms with Gasteiger partial charge in [-0.25, -0.2) is 19.2 Å². The van der Waals surface area contributed by atoms with Crippen LogP contribution in [0.3, 0.4) is 0 Å². The summed E-state index contributed by atoms with van der Waals surface area (Å²) in [5.41, 5.74) is 0.395. The van der Waals surface area contributed by atoms with Crippen LogP contribution in [0, 0.1) is 5.82 Å². The Morgan fingerprint density at radius 2 is 1.94 bits per heavy atom. The third-order valence-electron chi connectivity index (χ3n) is 5.16. The van der Waals surface area contributed by atoms with Gasteiger partial charge in [0, 0.05) is 25.9 Å². The molecule has 0 saturated heterocycles. The summed E-state index contributed by atoms with van der Waals surface area (Å²) in [6.07, 6.45) is 2.88. The first-order chi connectivity index (χ1) is 15.9. The maximum Gasteiger partial charge on any atom is 0.331 e. The first-order valence-corrected chi connectivity index (χ1v) is 9.98. The lowest BCUT2D eigenvalue weighted by atomic mass is 10.2. The summed E-state index contributed by atoms with van der Waals surface area (Å²) < 4.78 is 20.9. The number of halogens is 1. The molecule has 0 aliphatic heterocycles. The van der Waals surface area contributed by atoms with Crippen LogP contribution < -0.4 is 21.3 Å². The molecule has 0 atom stereocenters. The number of nitrogens with one attached hydrogen (secondary N) is 1. The lowest BCUT2D eigenvalue weighted by Crippen LogP contribution is -2.39. The molecule has 33 heavy (non-hydrogen) atoms. The molecular formula is C23H20FN5O4. The Hall–Kier alpha value is -4.34. The van der Waals surface area contributed by atoms with E-state index in [0.717, 1.165) is 10.1 Å². The van der Waals surface area contributed by atoms with E-state index in [0.29, 0.717) is 11.4 Å². The fourth-order valence-electron chi connectivity index (χ4n) is 3.43. The second kappa shape index (κ2) is 9.03. The van der Waals surface area contributed by atoms with Crippen molar-refractivity contribution in [2.24, 2.45) is 7.05 Å². The van der Waals surface area contributed by atoms with Crippen molar-refractivity contribution in [1.82, 2.24) is 24.4 Å². The summed E-state index contributed by atoms with van der Waals surface area (Å²) >= 11 is 0. The first kappa shape index (κ1) is 21.9. The first-order valence-electron chi connectivity index (χ1n) is 9.98. The fourth-order valence-corrected chi connectivity index (χ4v) is 3.43. The average molecular weight is 449 g/mol. The van der Waals surface area contributed by atoms with Crippen molar-refractivity contribution >= 4 is 16.8 Å². The van der Waals surface area contributed by atoms with Crippen molar-refractivity contribution in [3.05, 3.63) is 98.3 Å². The number of fused-ring (bicyclic) bond motifs is 1. The number of aromatic nitrogens is 4. The molecule has 0 aliphatic carbocycles. The zero-order chi connectivity index (χ0) is 23.5. The molecule has 0 radical (unpaired) electrons. The predicted molar refractivity (Wildman–Crippen MR) is 119 cm³/mol. The predicted octanol–water partition coefficient (Wildman–Crippen LogP) is 1.62. The number of ether oxygens (including phenoxy) is 1. The molecular weight excluding hydrogens is 429 g/mol. The highest BCUT2D eigenvalue weighted by Gasteiger charge is 2.15. The number of amides is 1. The average Bonchev–Trinajstić information content (AvgIpc) is 2.83. The second-order valence-corrected chi connectivity index (χ2v) is 7.34. The number of carbonyl (C=O) groups is 1. The number of benzene rings is 1.